The molecule has 0 saturated heterocycles. The molecular formula is C35H43NO3. The number of nitrogens with zero attached hydrogens (tertiary/aromatic N) is 1. The fourth-order valence-electron chi connectivity index (χ4n) is 5.16. The van der Waals surface area contributed by atoms with Gasteiger partial charge in [-0.3, -0.25) is 14.9 Å². The summed E-state index contributed by atoms with van der Waals surface area (Å²) in [4.78, 5) is 24.0. The van der Waals surface area contributed by atoms with Gasteiger partial charge in [0.25, 0.3) is 5.69 Å². The van der Waals surface area contributed by atoms with Crippen LogP contribution in [0.25, 0.3) is 6.08 Å². The van der Waals surface area contributed by atoms with Crippen LogP contribution in [-0.4, -0.2) is 10.7 Å². The van der Waals surface area contributed by atoms with Crippen molar-refractivity contribution < 1.29 is 9.72 Å². The van der Waals surface area contributed by atoms with E-state index < -0.39 is 0 Å². The van der Waals surface area contributed by atoms with E-state index in [9.17, 15) is 14.9 Å². The van der Waals surface area contributed by atoms with E-state index in [1.807, 2.05) is 30.3 Å². The van der Waals surface area contributed by atoms with Gasteiger partial charge in [-0.2, -0.15) is 0 Å². The van der Waals surface area contributed by atoms with Crippen LogP contribution in [0.4, 0.5) is 5.69 Å². The van der Waals surface area contributed by atoms with Crippen LogP contribution in [-0.2, 0) is 19.3 Å². The lowest BCUT2D eigenvalue weighted by Gasteiger charge is -2.08. The molecule has 0 heterocycles. The highest BCUT2D eigenvalue weighted by molar-refractivity contribution is 6.06. The molecule has 0 N–H and O–H groups in total. The number of carbonyl (C=O) groups excluding carboxylic acids is 1. The van der Waals surface area contributed by atoms with E-state index in [1.54, 1.807) is 18.2 Å². The van der Waals surface area contributed by atoms with Gasteiger partial charge in [0, 0.05) is 17.2 Å². The van der Waals surface area contributed by atoms with Crippen LogP contribution in [0, 0.1) is 24.0 Å². The molecule has 4 heteroatoms. The Morgan fingerprint density at radius 2 is 1.46 bits per heavy atom. The Hall–Kier alpha value is -3.53. The predicted octanol–water partition coefficient (Wildman–Crippen LogP) is 9.58. The summed E-state index contributed by atoms with van der Waals surface area (Å²) >= 11 is 0. The minimum Gasteiger partial charge on any atom is -0.289 e. The molecule has 4 nitrogen and oxygen atoms in total. The molecule has 0 radical (unpaired) electrons. The van der Waals surface area contributed by atoms with Crippen molar-refractivity contribution in [3.05, 3.63) is 116 Å². The van der Waals surface area contributed by atoms with E-state index in [1.165, 1.54) is 60.4 Å². The van der Waals surface area contributed by atoms with Crippen LogP contribution in [0.3, 0.4) is 0 Å². The Balaban J connectivity index is 1.43. The number of aryl methyl sites for hydroxylation is 4. The van der Waals surface area contributed by atoms with Crippen LogP contribution < -0.4 is 0 Å². The van der Waals surface area contributed by atoms with Gasteiger partial charge in [0.05, 0.1) is 4.92 Å². The third kappa shape index (κ3) is 9.62. The number of rotatable bonds is 16. The number of nitro groups is 1. The maximum absolute atomic E-state index is 12.7. The monoisotopic (exact) mass is 525 g/mol. The van der Waals surface area contributed by atoms with Crippen molar-refractivity contribution >= 4 is 17.5 Å². The molecule has 0 saturated carbocycles. The van der Waals surface area contributed by atoms with Gasteiger partial charge >= 0.3 is 0 Å². The number of nitro benzene ring substituents is 1. The average Bonchev–Trinajstić information content (AvgIpc) is 2.93. The number of unbranched alkanes of at least 4 members (excludes halogenated alkanes) is 7. The van der Waals surface area contributed by atoms with Gasteiger partial charge in [-0.1, -0.05) is 112 Å². The second kappa shape index (κ2) is 15.8. The van der Waals surface area contributed by atoms with Gasteiger partial charge in [0.1, 0.15) is 0 Å². The summed E-state index contributed by atoms with van der Waals surface area (Å²) in [5.74, 6) is -0.0934. The number of hydrogen-bond acceptors (Lipinski definition) is 3. The van der Waals surface area contributed by atoms with E-state index in [0.717, 1.165) is 43.2 Å². The summed E-state index contributed by atoms with van der Waals surface area (Å²) in [6.07, 6.45) is 15.3. The summed E-state index contributed by atoms with van der Waals surface area (Å²) in [6.45, 7) is 6.43. The van der Waals surface area contributed by atoms with Gasteiger partial charge in [-0.05, 0) is 74.3 Å². The highest BCUT2D eigenvalue weighted by atomic mass is 16.6. The van der Waals surface area contributed by atoms with E-state index in [4.69, 9.17) is 0 Å². The van der Waals surface area contributed by atoms with Gasteiger partial charge in [0.2, 0.25) is 0 Å². The van der Waals surface area contributed by atoms with E-state index in [-0.39, 0.29) is 16.4 Å². The third-order valence-corrected chi connectivity index (χ3v) is 7.57. The first-order valence-corrected chi connectivity index (χ1v) is 14.5. The van der Waals surface area contributed by atoms with E-state index in [0.29, 0.717) is 12.0 Å². The smallest absolute Gasteiger partial charge is 0.273 e. The molecule has 0 atom stereocenters. The topological polar surface area (TPSA) is 60.2 Å². The lowest BCUT2D eigenvalue weighted by Crippen LogP contribution is -1.99. The summed E-state index contributed by atoms with van der Waals surface area (Å²) in [7, 11) is 0. The molecule has 0 amide bonds. The number of allylic oxidation sites excluding steroid dienone is 1. The van der Waals surface area contributed by atoms with Crippen molar-refractivity contribution in [3.63, 3.8) is 0 Å². The highest BCUT2D eigenvalue weighted by Crippen LogP contribution is 2.26. The van der Waals surface area contributed by atoms with Crippen molar-refractivity contribution in [2.45, 2.75) is 91.4 Å². The standard InChI is InChI=1S/C35H43NO3/c1-4-29-19-22-32(23-20-29)35(37)25-24-31-15-13-17-34(36(38)39)33(31)16-12-10-8-6-5-7-9-11-14-30-21-18-27(2)26-28(30)3/h13,15,17-26H,4-12,14,16H2,1-3H3/b25-24+. The zero-order valence-corrected chi connectivity index (χ0v) is 23.9. The molecule has 0 aliphatic rings. The summed E-state index contributed by atoms with van der Waals surface area (Å²) in [5, 5.41) is 11.7. The van der Waals surface area contributed by atoms with Crippen LogP contribution in [0.2, 0.25) is 0 Å². The first-order valence-electron chi connectivity index (χ1n) is 14.5. The molecular weight excluding hydrogens is 482 g/mol. The van der Waals surface area contributed by atoms with Crippen molar-refractivity contribution in [1.29, 1.82) is 0 Å². The summed E-state index contributed by atoms with van der Waals surface area (Å²) in [5.41, 5.74) is 7.63. The average molecular weight is 526 g/mol. The quantitative estimate of drug-likeness (QED) is 0.0615. The first kappa shape index (κ1) is 30.0. The van der Waals surface area contributed by atoms with Crippen molar-refractivity contribution in [2.24, 2.45) is 0 Å². The fraction of sp³-hybridized carbons (Fsp3) is 0.400. The molecule has 0 unspecified atom stereocenters. The SMILES string of the molecule is CCc1ccc(C(=O)/C=C/c2cccc([N+](=O)[O-])c2CCCCCCCCCCc2ccc(C)cc2C)cc1. The molecule has 3 aromatic rings. The van der Waals surface area contributed by atoms with Gasteiger partial charge in [-0.15, -0.1) is 0 Å². The lowest BCUT2D eigenvalue weighted by molar-refractivity contribution is -0.385. The number of hydrogen-bond donors (Lipinski definition) is 0. The van der Waals surface area contributed by atoms with Crippen LogP contribution in [0.15, 0.2) is 66.7 Å². The zero-order chi connectivity index (χ0) is 28.0. The number of ketones is 1. The van der Waals surface area contributed by atoms with Crippen LogP contribution >= 0.6 is 0 Å². The number of benzene rings is 3. The minimum atomic E-state index is -0.309. The van der Waals surface area contributed by atoms with Gasteiger partial charge in [0.15, 0.2) is 5.78 Å². The molecule has 0 bridgehead atoms. The Morgan fingerprint density at radius 1 is 0.821 bits per heavy atom. The van der Waals surface area contributed by atoms with Crippen molar-refractivity contribution in [3.8, 4) is 0 Å². The first-order chi connectivity index (χ1) is 18.9. The fourth-order valence-corrected chi connectivity index (χ4v) is 5.16. The second-order valence-corrected chi connectivity index (χ2v) is 10.6. The lowest BCUT2D eigenvalue weighted by atomic mass is 9.97. The Bertz CT molecular complexity index is 1260. The highest BCUT2D eigenvalue weighted by Gasteiger charge is 2.16. The molecule has 206 valence electrons. The zero-order valence-electron chi connectivity index (χ0n) is 23.9. The maximum Gasteiger partial charge on any atom is 0.273 e. The third-order valence-electron chi connectivity index (χ3n) is 7.57. The second-order valence-electron chi connectivity index (χ2n) is 10.6. The number of carbonyl (C=O) groups is 1. The summed E-state index contributed by atoms with van der Waals surface area (Å²) < 4.78 is 0. The molecule has 39 heavy (non-hydrogen) atoms. The molecule has 0 aromatic heterocycles. The van der Waals surface area contributed by atoms with Crippen molar-refractivity contribution in [2.75, 3.05) is 0 Å². The van der Waals surface area contributed by atoms with Crippen molar-refractivity contribution in [1.82, 2.24) is 0 Å². The molecule has 0 fully saturated rings. The van der Waals surface area contributed by atoms with Crippen LogP contribution in [0.5, 0.6) is 0 Å². The molecule has 0 aliphatic carbocycles. The molecule has 3 rings (SSSR count). The predicted molar refractivity (Wildman–Crippen MR) is 163 cm³/mol. The largest absolute Gasteiger partial charge is 0.289 e. The normalized spacial score (nSPS) is 11.3. The van der Waals surface area contributed by atoms with Gasteiger partial charge in [-0.25, -0.2) is 0 Å². The van der Waals surface area contributed by atoms with Crippen LogP contribution in [0.1, 0.15) is 102 Å². The Morgan fingerprint density at radius 3 is 2.08 bits per heavy atom. The molecule has 0 spiro atoms. The maximum atomic E-state index is 12.7. The van der Waals surface area contributed by atoms with E-state index in [2.05, 4.69) is 39.0 Å². The molecule has 0 aliphatic heterocycles. The molecule has 3 aromatic carbocycles. The van der Waals surface area contributed by atoms with E-state index >= 15 is 0 Å². The van der Waals surface area contributed by atoms with Gasteiger partial charge < -0.3 is 0 Å². The Labute approximate surface area is 234 Å². The Kier molecular flexibility index (Phi) is 12.1. The summed E-state index contributed by atoms with van der Waals surface area (Å²) in [6, 6.07) is 19.5. The minimum absolute atomic E-state index is 0.0934.